The number of aromatic nitrogens is 4. The van der Waals surface area contributed by atoms with Crippen molar-refractivity contribution in [3.05, 3.63) is 48.0 Å². The molecule has 2 aliphatic carbocycles. The van der Waals surface area contributed by atoms with Gasteiger partial charge in [0.1, 0.15) is 34.3 Å². The third-order valence-electron chi connectivity index (χ3n) is 10.1. The van der Waals surface area contributed by atoms with E-state index < -0.39 is 47.9 Å². The predicted molar refractivity (Wildman–Crippen MR) is 207 cm³/mol. The number of hydrogen-bond donors (Lipinski definition) is 6. The third-order valence-corrected chi connectivity index (χ3v) is 10.1. The van der Waals surface area contributed by atoms with Gasteiger partial charge in [0.05, 0.1) is 24.6 Å². The van der Waals surface area contributed by atoms with Crippen molar-refractivity contribution in [2.75, 3.05) is 50.0 Å². The number of piperidine rings is 2. The summed E-state index contributed by atoms with van der Waals surface area (Å²) in [6.07, 6.45) is 9.44. The van der Waals surface area contributed by atoms with Gasteiger partial charge in [-0.2, -0.15) is 0 Å². The fraction of sp³-hybridized carbons (Fsp3) is 0.538. The van der Waals surface area contributed by atoms with Crippen LogP contribution in [0, 0.1) is 11.8 Å². The lowest BCUT2D eigenvalue weighted by atomic mass is 10.0. The summed E-state index contributed by atoms with van der Waals surface area (Å²) in [5.74, 6) is -11.1. The number of carbonyl (C=O) groups is 4. The lowest BCUT2D eigenvalue weighted by Gasteiger charge is -2.34. The molecule has 0 unspecified atom stereocenters. The van der Waals surface area contributed by atoms with E-state index >= 15 is 0 Å². The van der Waals surface area contributed by atoms with Crippen LogP contribution in [0.25, 0.3) is 22.1 Å². The lowest BCUT2D eigenvalue weighted by molar-refractivity contribution is -0.141. The van der Waals surface area contributed by atoms with E-state index in [4.69, 9.17) is 14.6 Å². The molecule has 15 nitrogen and oxygen atoms in total. The number of H-pyrrole nitrogens is 2. The highest BCUT2D eigenvalue weighted by Gasteiger charge is 2.62. The van der Waals surface area contributed by atoms with E-state index in [1.165, 1.54) is 11.1 Å². The molecular formula is C39H50F4N8O7. The molecule has 58 heavy (non-hydrogen) atoms. The molecule has 0 bridgehead atoms. The number of hydrogen-bond acceptors (Lipinski definition) is 11. The molecule has 4 aromatic heterocycles. The standard InChI is InChI=1S/C19H22F2N4O3.C15H20N4O2.C4H4F2O2.CH4/c1-2-28-18(27)13-9-23-16-12(5-6-22-16)15(13)24-11-4-3-7-25(10-11)17(26)14-8-19(14,20)21;1-2-21-15(20)12-9-18-14-11(5-7-17-14)13(12)19-10-4-3-6-16-8-10;5-4(6)1-2(4)3(7)8;/h5-6,9,11,14H,2-4,7-8,10H2,1H3,(H2,22,23,24);5,7,9-10,16H,2-4,6,8H2,1H3,(H2,17,18,19);2H,1H2,(H,7,8);1H4/t11-,14-;10-;2-;/m111./s1. The quantitative estimate of drug-likeness (QED) is 0.0799. The minimum absolute atomic E-state index is 0. The molecule has 6 N–H and O–H groups in total. The van der Waals surface area contributed by atoms with Gasteiger partial charge in [-0.05, 0) is 58.2 Å². The van der Waals surface area contributed by atoms with Crippen molar-refractivity contribution < 1.29 is 51.3 Å². The number of carboxylic acids is 1. The molecule has 2 saturated carbocycles. The van der Waals surface area contributed by atoms with E-state index in [0.29, 0.717) is 54.6 Å². The Kier molecular flexibility index (Phi) is 13.9. The van der Waals surface area contributed by atoms with Crippen LogP contribution in [0.3, 0.4) is 0 Å². The number of alkyl halides is 4. The van der Waals surface area contributed by atoms with Gasteiger partial charge in [0, 0.05) is 80.1 Å². The summed E-state index contributed by atoms with van der Waals surface area (Å²) in [4.78, 5) is 62.6. The molecule has 316 valence electrons. The zero-order valence-corrected chi connectivity index (χ0v) is 31.5. The van der Waals surface area contributed by atoms with Crippen LogP contribution in [-0.4, -0.2) is 117 Å². The molecule has 4 aliphatic rings. The maximum Gasteiger partial charge on any atom is 0.341 e. The molecule has 0 aromatic carbocycles. The number of nitrogens with one attached hydrogen (secondary N) is 5. The first-order valence-corrected chi connectivity index (χ1v) is 19.0. The summed E-state index contributed by atoms with van der Waals surface area (Å²) >= 11 is 0. The summed E-state index contributed by atoms with van der Waals surface area (Å²) in [6.45, 7) is 6.88. The molecule has 8 rings (SSSR count). The van der Waals surface area contributed by atoms with Crippen molar-refractivity contribution in [2.24, 2.45) is 11.8 Å². The van der Waals surface area contributed by atoms with Crippen molar-refractivity contribution in [1.29, 1.82) is 0 Å². The number of carboxylic acid groups (broad SMARTS) is 1. The Morgan fingerprint density at radius 3 is 1.76 bits per heavy atom. The first kappa shape index (κ1) is 43.7. The van der Waals surface area contributed by atoms with Crippen molar-refractivity contribution in [3.63, 3.8) is 0 Å². The Bertz CT molecular complexity index is 2090. The van der Waals surface area contributed by atoms with Crippen LogP contribution in [0.1, 0.15) is 80.5 Å². The molecule has 0 radical (unpaired) electrons. The van der Waals surface area contributed by atoms with E-state index in [1.54, 1.807) is 26.2 Å². The SMILES string of the molecule is C.CCOC(=O)c1cnc2[nH]ccc2c1N[C@@H]1CCCN(C(=O)[C@H]2CC2(F)F)C1.CCOC(=O)c1cnc2[nH]ccc2c1N[C@@H]1CCCNC1.O=C(O)[C@H]1CC1(F)F. The number of nitrogens with zero attached hydrogens (tertiary/aromatic N) is 3. The number of ether oxygens (including phenoxy) is 2. The van der Waals surface area contributed by atoms with E-state index in [-0.39, 0.29) is 32.5 Å². The topological polar surface area (TPSA) is 204 Å². The Balaban J connectivity index is 0.000000188. The number of likely N-dealkylation sites (tertiary alicyclic amines) is 1. The van der Waals surface area contributed by atoms with Gasteiger partial charge in [-0.3, -0.25) is 9.59 Å². The maximum atomic E-state index is 13.3. The van der Waals surface area contributed by atoms with E-state index in [0.717, 1.165) is 54.5 Å². The normalized spacial score (nSPS) is 22.5. The lowest BCUT2D eigenvalue weighted by Crippen LogP contribution is -2.46. The number of anilines is 2. The highest BCUT2D eigenvalue weighted by Crippen LogP contribution is 2.50. The first-order chi connectivity index (χ1) is 27.2. The second-order valence-electron chi connectivity index (χ2n) is 14.3. The van der Waals surface area contributed by atoms with Crippen molar-refractivity contribution in [2.45, 2.75) is 83.7 Å². The van der Waals surface area contributed by atoms with Crippen LogP contribution in [0.4, 0.5) is 28.9 Å². The van der Waals surface area contributed by atoms with Gasteiger partial charge < -0.3 is 45.4 Å². The summed E-state index contributed by atoms with van der Waals surface area (Å²) in [6, 6.07) is 3.90. The van der Waals surface area contributed by atoms with E-state index in [1.807, 2.05) is 18.3 Å². The molecule has 1 amide bonds. The van der Waals surface area contributed by atoms with Crippen LogP contribution in [0.2, 0.25) is 0 Å². The molecule has 4 fully saturated rings. The van der Waals surface area contributed by atoms with Crippen molar-refractivity contribution in [1.82, 2.24) is 30.2 Å². The number of aromatic amines is 2. The molecule has 2 saturated heterocycles. The third kappa shape index (κ3) is 10.2. The van der Waals surface area contributed by atoms with Gasteiger partial charge in [-0.1, -0.05) is 7.43 Å². The van der Waals surface area contributed by atoms with Gasteiger partial charge in [0.15, 0.2) is 0 Å². The van der Waals surface area contributed by atoms with Gasteiger partial charge in [-0.25, -0.2) is 37.1 Å². The highest BCUT2D eigenvalue weighted by atomic mass is 19.3. The Hall–Kier alpha value is -5.46. The Morgan fingerprint density at radius 1 is 0.828 bits per heavy atom. The van der Waals surface area contributed by atoms with Crippen LogP contribution < -0.4 is 16.0 Å². The molecule has 2 aliphatic heterocycles. The predicted octanol–water partition coefficient (Wildman–Crippen LogP) is 6.06. The zero-order valence-electron chi connectivity index (χ0n) is 31.5. The van der Waals surface area contributed by atoms with Gasteiger partial charge >= 0.3 is 17.9 Å². The molecule has 6 heterocycles. The van der Waals surface area contributed by atoms with Crippen LogP contribution in [-0.2, 0) is 19.1 Å². The average molecular weight is 819 g/mol. The summed E-state index contributed by atoms with van der Waals surface area (Å²) in [7, 11) is 0. The highest BCUT2D eigenvalue weighted by molar-refractivity contribution is 6.05. The number of esters is 2. The van der Waals surface area contributed by atoms with E-state index in [9.17, 15) is 36.7 Å². The van der Waals surface area contributed by atoms with Gasteiger partial charge in [0.2, 0.25) is 5.91 Å². The smallest absolute Gasteiger partial charge is 0.341 e. The van der Waals surface area contributed by atoms with Gasteiger partial charge in [0.25, 0.3) is 11.8 Å². The van der Waals surface area contributed by atoms with Crippen LogP contribution in [0.5, 0.6) is 0 Å². The Labute approximate surface area is 332 Å². The number of aliphatic carboxylic acids is 1. The average Bonchev–Trinajstić information content (AvgIpc) is 3.76. The van der Waals surface area contributed by atoms with E-state index in [2.05, 4.69) is 35.9 Å². The number of carbonyl (C=O) groups excluding carboxylic acids is 3. The molecule has 19 heteroatoms. The number of fused-ring (bicyclic) bond motifs is 2. The van der Waals surface area contributed by atoms with Gasteiger partial charge in [-0.15, -0.1) is 0 Å². The minimum Gasteiger partial charge on any atom is -0.481 e. The number of rotatable bonds is 10. The first-order valence-electron chi connectivity index (χ1n) is 19.0. The summed E-state index contributed by atoms with van der Waals surface area (Å²) in [5.41, 5.74) is 3.60. The fourth-order valence-corrected chi connectivity index (χ4v) is 6.92. The fourth-order valence-electron chi connectivity index (χ4n) is 6.92. The largest absolute Gasteiger partial charge is 0.481 e. The second-order valence-corrected chi connectivity index (χ2v) is 14.3. The minimum atomic E-state index is -2.91. The second kappa shape index (κ2) is 18.4. The number of pyridine rings is 2. The molecule has 4 atom stereocenters. The molecular weight excluding hydrogens is 768 g/mol. The number of amides is 1. The zero-order chi connectivity index (χ0) is 40.9. The Morgan fingerprint density at radius 2 is 1.33 bits per heavy atom. The van der Waals surface area contributed by atoms with Crippen LogP contribution in [0.15, 0.2) is 36.9 Å². The molecule has 4 aromatic rings. The van der Waals surface area contributed by atoms with Crippen molar-refractivity contribution >= 4 is 57.3 Å². The molecule has 0 spiro atoms. The van der Waals surface area contributed by atoms with Crippen LogP contribution >= 0.6 is 0 Å². The maximum absolute atomic E-state index is 13.3. The van der Waals surface area contributed by atoms with Crippen molar-refractivity contribution in [3.8, 4) is 0 Å². The summed E-state index contributed by atoms with van der Waals surface area (Å²) in [5, 5.41) is 19.8. The number of halogens is 4. The summed E-state index contributed by atoms with van der Waals surface area (Å²) < 4.78 is 60.1. The monoisotopic (exact) mass is 818 g/mol.